The summed E-state index contributed by atoms with van der Waals surface area (Å²) < 4.78 is 6.30. The number of hydrogen-bond donors (Lipinski definition) is 1. The summed E-state index contributed by atoms with van der Waals surface area (Å²) in [5.41, 5.74) is 0.974. The first-order valence-corrected chi connectivity index (χ1v) is 7.64. The van der Waals surface area contributed by atoms with Gasteiger partial charge in [0.2, 0.25) is 0 Å². The lowest BCUT2D eigenvalue weighted by Crippen LogP contribution is -2.17. The lowest BCUT2D eigenvalue weighted by molar-refractivity contribution is 0.372. The Balaban J connectivity index is 2.03. The Kier molecular flexibility index (Phi) is 5.19. The predicted octanol–water partition coefficient (Wildman–Crippen LogP) is 5.10. The molecule has 0 amide bonds. The van der Waals surface area contributed by atoms with Crippen LogP contribution >= 0.6 is 27.5 Å². The van der Waals surface area contributed by atoms with E-state index in [1.165, 1.54) is 32.1 Å². The summed E-state index contributed by atoms with van der Waals surface area (Å²) in [4.78, 5) is 0. The van der Waals surface area contributed by atoms with Crippen molar-refractivity contribution in [3.8, 4) is 5.75 Å². The van der Waals surface area contributed by atoms with Crippen molar-refractivity contribution in [3.63, 3.8) is 0 Å². The molecule has 1 aliphatic rings. The molecule has 2 rings (SSSR count). The fraction of sp³-hybridized carbons (Fsp3) is 0.571. The van der Waals surface area contributed by atoms with Crippen LogP contribution in [0.25, 0.3) is 0 Å². The summed E-state index contributed by atoms with van der Waals surface area (Å²) in [6, 6.07) is 3.78. The van der Waals surface area contributed by atoms with Crippen molar-refractivity contribution in [2.24, 2.45) is 5.92 Å². The van der Waals surface area contributed by atoms with Crippen LogP contribution in [0, 0.1) is 5.92 Å². The fourth-order valence-electron chi connectivity index (χ4n) is 2.54. The van der Waals surface area contributed by atoms with Gasteiger partial charge in [-0.15, -0.1) is 0 Å². The van der Waals surface area contributed by atoms with Gasteiger partial charge < -0.3 is 10.1 Å². The Labute approximate surface area is 122 Å². The minimum atomic E-state index is 0.716. The maximum atomic E-state index is 6.08. The van der Waals surface area contributed by atoms with Crippen molar-refractivity contribution in [2.75, 3.05) is 19.0 Å². The third-order valence-electron chi connectivity index (χ3n) is 3.52. The van der Waals surface area contributed by atoms with E-state index in [2.05, 4.69) is 21.2 Å². The van der Waals surface area contributed by atoms with Crippen molar-refractivity contribution in [3.05, 3.63) is 21.6 Å². The summed E-state index contributed by atoms with van der Waals surface area (Å²) >= 11 is 9.55. The maximum Gasteiger partial charge on any atom is 0.156 e. The molecule has 1 aliphatic carbocycles. The van der Waals surface area contributed by atoms with Crippen LogP contribution in [0.2, 0.25) is 5.02 Å². The molecule has 0 atom stereocenters. The summed E-state index contributed by atoms with van der Waals surface area (Å²) in [7, 11) is 1.68. The molecular weight excluding hydrogens is 314 g/mol. The normalized spacial score (nSPS) is 16.6. The van der Waals surface area contributed by atoms with E-state index in [4.69, 9.17) is 16.3 Å². The van der Waals surface area contributed by atoms with Crippen LogP contribution in [0.15, 0.2) is 16.6 Å². The zero-order valence-corrected chi connectivity index (χ0v) is 13.0. The molecule has 0 spiro atoms. The highest BCUT2D eigenvalue weighted by molar-refractivity contribution is 9.10. The number of rotatable bonds is 4. The Bertz CT molecular complexity index is 405. The molecule has 0 saturated heterocycles. The molecule has 0 unspecified atom stereocenters. The van der Waals surface area contributed by atoms with E-state index in [9.17, 15) is 0 Å². The average molecular weight is 333 g/mol. The highest BCUT2D eigenvalue weighted by atomic mass is 79.9. The SMILES string of the molecule is COc1c(Br)cc(Cl)cc1NCC1CCCCC1. The zero-order valence-electron chi connectivity index (χ0n) is 10.6. The highest BCUT2D eigenvalue weighted by Crippen LogP contribution is 2.36. The number of ether oxygens (including phenoxy) is 1. The minimum absolute atomic E-state index is 0.716. The van der Waals surface area contributed by atoms with Crippen LogP contribution in [0.5, 0.6) is 5.75 Å². The van der Waals surface area contributed by atoms with E-state index < -0.39 is 0 Å². The molecule has 0 bridgehead atoms. The Morgan fingerprint density at radius 3 is 2.72 bits per heavy atom. The number of benzene rings is 1. The lowest BCUT2D eigenvalue weighted by Gasteiger charge is -2.23. The smallest absolute Gasteiger partial charge is 0.156 e. The summed E-state index contributed by atoms with van der Waals surface area (Å²) in [6.07, 6.45) is 6.78. The topological polar surface area (TPSA) is 21.3 Å². The quantitative estimate of drug-likeness (QED) is 0.828. The van der Waals surface area contributed by atoms with Gasteiger partial charge in [0, 0.05) is 11.6 Å². The van der Waals surface area contributed by atoms with E-state index in [0.717, 1.165) is 28.4 Å². The van der Waals surface area contributed by atoms with Crippen LogP contribution in [-0.4, -0.2) is 13.7 Å². The second-order valence-electron chi connectivity index (χ2n) is 4.85. The van der Waals surface area contributed by atoms with E-state index in [1.807, 2.05) is 12.1 Å². The number of methoxy groups -OCH3 is 1. The van der Waals surface area contributed by atoms with Gasteiger partial charge in [0.05, 0.1) is 17.3 Å². The van der Waals surface area contributed by atoms with Gasteiger partial charge in [-0.3, -0.25) is 0 Å². The minimum Gasteiger partial charge on any atom is -0.493 e. The Morgan fingerprint density at radius 1 is 1.33 bits per heavy atom. The summed E-state index contributed by atoms with van der Waals surface area (Å²) in [5, 5.41) is 4.19. The van der Waals surface area contributed by atoms with E-state index in [1.54, 1.807) is 7.11 Å². The largest absolute Gasteiger partial charge is 0.493 e. The van der Waals surface area contributed by atoms with Crippen LogP contribution in [0.1, 0.15) is 32.1 Å². The van der Waals surface area contributed by atoms with E-state index in [0.29, 0.717) is 5.02 Å². The van der Waals surface area contributed by atoms with Gasteiger partial charge in [-0.1, -0.05) is 30.9 Å². The predicted molar refractivity (Wildman–Crippen MR) is 80.8 cm³/mol. The molecule has 1 aromatic rings. The molecule has 2 nitrogen and oxygen atoms in total. The number of hydrogen-bond acceptors (Lipinski definition) is 2. The van der Waals surface area contributed by atoms with Crippen LogP contribution in [0.3, 0.4) is 0 Å². The first-order chi connectivity index (χ1) is 8.70. The Morgan fingerprint density at radius 2 is 2.06 bits per heavy atom. The zero-order chi connectivity index (χ0) is 13.0. The third kappa shape index (κ3) is 3.55. The Hall–Kier alpha value is -0.410. The number of halogens is 2. The first-order valence-electron chi connectivity index (χ1n) is 6.47. The third-order valence-corrected chi connectivity index (χ3v) is 4.33. The van der Waals surface area contributed by atoms with Crippen LogP contribution in [-0.2, 0) is 0 Å². The number of anilines is 1. The fourth-order valence-corrected chi connectivity index (χ4v) is 3.52. The standard InChI is InChI=1S/C14H19BrClNO/c1-18-14-12(15)7-11(16)8-13(14)17-9-10-5-3-2-4-6-10/h7-8,10,17H,2-6,9H2,1H3. The number of nitrogens with one attached hydrogen (secondary N) is 1. The van der Waals surface area contributed by atoms with Gasteiger partial charge in [-0.05, 0) is 46.8 Å². The lowest BCUT2D eigenvalue weighted by atomic mass is 9.89. The van der Waals surface area contributed by atoms with Crippen molar-refractivity contribution in [1.82, 2.24) is 0 Å². The van der Waals surface area contributed by atoms with Gasteiger partial charge in [-0.25, -0.2) is 0 Å². The molecule has 4 heteroatoms. The van der Waals surface area contributed by atoms with Crippen molar-refractivity contribution in [2.45, 2.75) is 32.1 Å². The van der Waals surface area contributed by atoms with Crippen molar-refractivity contribution < 1.29 is 4.74 Å². The van der Waals surface area contributed by atoms with Crippen LogP contribution in [0.4, 0.5) is 5.69 Å². The van der Waals surface area contributed by atoms with E-state index >= 15 is 0 Å². The molecule has 1 fully saturated rings. The van der Waals surface area contributed by atoms with Gasteiger partial charge >= 0.3 is 0 Å². The molecular formula is C14H19BrClNO. The molecule has 0 radical (unpaired) electrons. The summed E-state index contributed by atoms with van der Waals surface area (Å²) in [5.74, 6) is 1.61. The molecule has 0 aliphatic heterocycles. The molecule has 100 valence electrons. The summed E-state index contributed by atoms with van der Waals surface area (Å²) in [6.45, 7) is 1.00. The molecule has 1 aromatic carbocycles. The average Bonchev–Trinajstić information content (AvgIpc) is 2.37. The van der Waals surface area contributed by atoms with Crippen LogP contribution < -0.4 is 10.1 Å². The van der Waals surface area contributed by atoms with Crippen molar-refractivity contribution in [1.29, 1.82) is 0 Å². The monoisotopic (exact) mass is 331 g/mol. The first kappa shape index (κ1) is 14.0. The highest BCUT2D eigenvalue weighted by Gasteiger charge is 2.15. The van der Waals surface area contributed by atoms with Gasteiger partial charge in [0.1, 0.15) is 0 Å². The molecule has 18 heavy (non-hydrogen) atoms. The van der Waals surface area contributed by atoms with Crippen molar-refractivity contribution >= 4 is 33.2 Å². The van der Waals surface area contributed by atoms with Gasteiger partial charge in [-0.2, -0.15) is 0 Å². The van der Waals surface area contributed by atoms with Gasteiger partial charge in [0.15, 0.2) is 5.75 Å². The molecule has 1 saturated carbocycles. The second-order valence-corrected chi connectivity index (χ2v) is 6.14. The second kappa shape index (κ2) is 6.67. The van der Waals surface area contributed by atoms with E-state index in [-0.39, 0.29) is 0 Å². The molecule has 1 N–H and O–H groups in total. The maximum absolute atomic E-state index is 6.08. The van der Waals surface area contributed by atoms with Gasteiger partial charge in [0.25, 0.3) is 0 Å². The molecule has 0 heterocycles. The molecule has 0 aromatic heterocycles.